The van der Waals surface area contributed by atoms with Crippen molar-refractivity contribution < 1.29 is 9.90 Å². The fraction of sp³-hybridized carbons (Fsp3) is 0.176. The Balaban J connectivity index is 1.76. The summed E-state index contributed by atoms with van der Waals surface area (Å²) in [7, 11) is 0. The molecular formula is C17H16N2O2. The van der Waals surface area contributed by atoms with Gasteiger partial charge in [-0.1, -0.05) is 24.3 Å². The van der Waals surface area contributed by atoms with E-state index >= 15 is 0 Å². The zero-order valence-electron chi connectivity index (χ0n) is 11.5. The molecule has 4 nitrogen and oxygen atoms in total. The number of hydrogen-bond acceptors (Lipinski definition) is 4. The van der Waals surface area contributed by atoms with E-state index in [2.05, 4.69) is 5.32 Å². The lowest BCUT2D eigenvalue weighted by Crippen LogP contribution is -2.25. The number of phenols is 1. The van der Waals surface area contributed by atoms with Gasteiger partial charge in [0.15, 0.2) is 5.78 Å². The van der Waals surface area contributed by atoms with E-state index in [1.54, 1.807) is 36.4 Å². The van der Waals surface area contributed by atoms with Gasteiger partial charge in [-0.15, -0.1) is 0 Å². The highest BCUT2D eigenvalue weighted by Crippen LogP contribution is 2.09. The van der Waals surface area contributed by atoms with Gasteiger partial charge in [0.25, 0.3) is 0 Å². The lowest BCUT2D eigenvalue weighted by molar-refractivity contribution is 0.0991. The van der Waals surface area contributed by atoms with Gasteiger partial charge in [0, 0.05) is 5.56 Å². The number of rotatable bonds is 6. The van der Waals surface area contributed by atoms with Crippen LogP contribution < -0.4 is 5.32 Å². The maximum atomic E-state index is 11.9. The summed E-state index contributed by atoms with van der Waals surface area (Å²) in [5, 5.41) is 21.0. The number of carbonyl (C=O) groups excluding carboxylic acids is 1. The molecule has 2 aromatic rings. The number of nitriles is 1. The molecule has 0 saturated heterocycles. The minimum absolute atomic E-state index is 0.00481. The van der Waals surface area contributed by atoms with Crippen molar-refractivity contribution in [1.82, 2.24) is 5.32 Å². The molecule has 2 rings (SSSR count). The number of nitrogens with one attached hydrogen (secondary N) is 1. The number of aromatic hydroxyl groups is 1. The van der Waals surface area contributed by atoms with E-state index < -0.39 is 0 Å². The van der Waals surface area contributed by atoms with Gasteiger partial charge < -0.3 is 10.4 Å². The van der Waals surface area contributed by atoms with E-state index in [1.165, 1.54) is 0 Å². The SMILES string of the molecule is N#Cc1ccc(C(=O)CNCCc2ccc(O)cc2)cc1. The summed E-state index contributed by atoms with van der Waals surface area (Å²) in [6.07, 6.45) is 0.793. The van der Waals surface area contributed by atoms with E-state index in [-0.39, 0.29) is 18.1 Å². The third-order valence-corrected chi connectivity index (χ3v) is 3.15. The number of ketones is 1. The second kappa shape index (κ2) is 7.22. The third kappa shape index (κ3) is 4.44. The van der Waals surface area contributed by atoms with E-state index in [0.29, 0.717) is 17.7 Å². The molecule has 2 N–H and O–H groups in total. The van der Waals surface area contributed by atoms with E-state index in [1.807, 2.05) is 18.2 Å². The molecule has 0 unspecified atom stereocenters. The third-order valence-electron chi connectivity index (χ3n) is 3.15. The molecule has 0 fully saturated rings. The van der Waals surface area contributed by atoms with Crippen molar-refractivity contribution in [2.45, 2.75) is 6.42 Å². The highest BCUT2D eigenvalue weighted by Gasteiger charge is 2.05. The Kier molecular flexibility index (Phi) is 5.08. The second-order valence-corrected chi connectivity index (χ2v) is 4.71. The average molecular weight is 280 g/mol. The number of hydrogen-bond donors (Lipinski definition) is 2. The van der Waals surface area contributed by atoms with Crippen LogP contribution in [-0.2, 0) is 6.42 Å². The van der Waals surface area contributed by atoms with Gasteiger partial charge >= 0.3 is 0 Å². The molecule has 0 bridgehead atoms. The molecule has 106 valence electrons. The number of Topliss-reactive ketones (excluding diaryl/α,β-unsaturated/α-hetero) is 1. The Morgan fingerprint density at radius 2 is 1.76 bits per heavy atom. The molecule has 0 amide bonds. The van der Waals surface area contributed by atoms with Gasteiger partial charge in [-0.05, 0) is 42.8 Å². The van der Waals surface area contributed by atoms with Crippen LogP contribution in [0.4, 0.5) is 0 Å². The Morgan fingerprint density at radius 1 is 1.10 bits per heavy atom. The van der Waals surface area contributed by atoms with Crippen LogP contribution in [0.3, 0.4) is 0 Å². The summed E-state index contributed by atoms with van der Waals surface area (Å²) in [6, 6.07) is 15.7. The fourth-order valence-electron chi connectivity index (χ4n) is 1.93. The minimum atomic E-state index is 0.00481. The van der Waals surface area contributed by atoms with Crippen LogP contribution in [0.25, 0.3) is 0 Å². The van der Waals surface area contributed by atoms with Crippen molar-refractivity contribution in [2.24, 2.45) is 0 Å². The summed E-state index contributed by atoms with van der Waals surface area (Å²) >= 11 is 0. The predicted octanol–water partition coefficient (Wildman–Crippen LogP) is 2.28. The molecule has 0 heterocycles. The van der Waals surface area contributed by atoms with Crippen LogP contribution in [0.1, 0.15) is 21.5 Å². The first-order valence-corrected chi connectivity index (χ1v) is 6.71. The molecule has 0 aliphatic rings. The predicted molar refractivity (Wildman–Crippen MR) is 80.2 cm³/mol. The first-order valence-electron chi connectivity index (χ1n) is 6.71. The lowest BCUT2D eigenvalue weighted by atomic mass is 10.1. The second-order valence-electron chi connectivity index (χ2n) is 4.71. The summed E-state index contributed by atoms with van der Waals surface area (Å²) in [4.78, 5) is 11.9. The van der Waals surface area contributed by atoms with Gasteiger partial charge in [-0.3, -0.25) is 4.79 Å². The molecular weight excluding hydrogens is 264 g/mol. The smallest absolute Gasteiger partial charge is 0.176 e. The number of phenolic OH excluding ortho intramolecular Hbond substituents is 1. The molecule has 0 aliphatic heterocycles. The van der Waals surface area contributed by atoms with Gasteiger partial charge in [0.2, 0.25) is 0 Å². The molecule has 0 saturated carbocycles. The van der Waals surface area contributed by atoms with Crippen molar-refractivity contribution in [2.75, 3.05) is 13.1 Å². The zero-order valence-corrected chi connectivity index (χ0v) is 11.5. The number of benzene rings is 2. The zero-order chi connectivity index (χ0) is 15.1. The van der Waals surface area contributed by atoms with Crippen molar-refractivity contribution >= 4 is 5.78 Å². The molecule has 0 spiro atoms. The van der Waals surface area contributed by atoms with Gasteiger partial charge in [0.1, 0.15) is 5.75 Å². The van der Waals surface area contributed by atoms with Crippen LogP contribution >= 0.6 is 0 Å². The standard InChI is InChI=1S/C17H16N2O2/c18-11-14-1-5-15(6-2-14)17(21)12-19-10-9-13-3-7-16(20)8-4-13/h1-8,19-20H,9-10,12H2. The Morgan fingerprint density at radius 3 is 2.38 bits per heavy atom. The van der Waals surface area contributed by atoms with Crippen LogP contribution in [0.2, 0.25) is 0 Å². The summed E-state index contributed by atoms with van der Waals surface area (Å²) in [5.41, 5.74) is 2.25. The maximum Gasteiger partial charge on any atom is 0.176 e. The molecule has 4 heteroatoms. The molecule has 0 radical (unpaired) electrons. The highest BCUT2D eigenvalue weighted by atomic mass is 16.3. The molecule has 21 heavy (non-hydrogen) atoms. The van der Waals surface area contributed by atoms with E-state index in [0.717, 1.165) is 12.0 Å². The Labute approximate surface area is 123 Å². The lowest BCUT2D eigenvalue weighted by Gasteiger charge is -2.05. The van der Waals surface area contributed by atoms with Crippen molar-refractivity contribution in [1.29, 1.82) is 5.26 Å². The molecule has 0 aliphatic carbocycles. The fourth-order valence-corrected chi connectivity index (χ4v) is 1.93. The normalized spacial score (nSPS) is 10.0. The number of nitrogens with zero attached hydrogens (tertiary/aromatic N) is 1. The van der Waals surface area contributed by atoms with Crippen LogP contribution in [0.5, 0.6) is 5.75 Å². The molecule has 0 atom stereocenters. The summed E-state index contributed by atoms with van der Waals surface area (Å²) < 4.78 is 0. The minimum Gasteiger partial charge on any atom is -0.508 e. The van der Waals surface area contributed by atoms with Gasteiger partial charge in [0.05, 0.1) is 18.2 Å². The van der Waals surface area contributed by atoms with Crippen LogP contribution in [0.15, 0.2) is 48.5 Å². The first-order chi connectivity index (χ1) is 10.2. The summed E-state index contributed by atoms with van der Waals surface area (Å²) in [5.74, 6) is 0.257. The van der Waals surface area contributed by atoms with Crippen LogP contribution in [-0.4, -0.2) is 24.0 Å². The quantitative estimate of drug-likeness (QED) is 0.629. The van der Waals surface area contributed by atoms with E-state index in [9.17, 15) is 9.90 Å². The summed E-state index contributed by atoms with van der Waals surface area (Å²) in [6.45, 7) is 0.955. The van der Waals surface area contributed by atoms with Gasteiger partial charge in [-0.25, -0.2) is 0 Å². The highest BCUT2D eigenvalue weighted by molar-refractivity contribution is 5.97. The molecule has 0 aromatic heterocycles. The Hall–Kier alpha value is -2.64. The van der Waals surface area contributed by atoms with E-state index in [4.69, 9.17) is 5.26 Å². The van der Waals surface area contributed by atoms with Crippen molar-refractivity contribution in [3.63, 3.8) is 0 Å². The van der Waals surface area contributed by atoms with Gasteiger partial charge in [-0.2, -0.15) is 5.26 Å². The monoisotopic (exact) mass is 280 g/mol. The average Bonchev–Trinajstić information content (AvgIpc) is 2.53. The van der Waals surface area contributed by atoms with Crippen molar-refractivity contribution in [3.8, 4) is 11.8 Å². The largest absolute Gasteiger partial charge is 0.508 e. The Bertz CT molecular complexity index is 640. The van der Waals surface area contributed by atoms with Crippen LogP contribution in [0, 0.1) is 11.3 Å². The molecule has 2 aromatic carbocycles. The first kappa shape index (κ1) is 14.8. The number of carbonyl (C=O) groups is 1. The maximum absolute atomic E-state index is 11.9. The van der Waals surface area contributed by atoms with Crippen molar-refractivity contribution in [3.05, 3.63) is 65.2 Å². The topological polar surface area (TPSA) is 73.1 Å².